The van der Waals surface area contributed by atoms with Crippen LogP contribution in [0.5, 0.6) is 11.5 Å². The minimum absolute atomic E-state index is 0.168. The minimum atomic E-state index is -1.59. The second kappa shape index (κ2) is 5.11. The van der Waals surface area contributed by atoms with Gasteiger partial charge in [-0.15, -0.1) is 0 Å². The van der Waals surface area contributed by atoms with Crippen LogP contribution in [-0.2, 0) is 5.11 Å². The van der Waals surface area contributed by atoms with Gasteiger partial charge in [0.1, 0.15) is 0 Å². The zero-order valence-electron chi connectivity index (χ0n) is 7.86. The standard InChI is InChI=1S/C10H11O4/c1-2-7-13-8-5-3-4-6-9(8)14-10(11)12/h3-6H,2,7H2,1H3. The fraction of sp³-hybridized carbons (Fsp3) is 0.300. The molecule has 0 aromatic heterocycles. The highest BCUT2D eigenvalue weighted by Gasteiger charge is 2.08. The molecule has 4 nitrogen and oxygen atoms in total. The fourth-order valence-corrected chi connectivity index (χ4v) is 0.956. The summed E-state index contributed by atoms with van der Waals surface area (Å²) in [6, 6.07) is 6.57. The zero-order valence-corrected chi connectivity index (χ0v) is 7.86. The molecule has 0 aliphatic heterocycles. The summed E-state index contributed by atoms with van der Waals surface area (Å²) in [4.78, 5) is 10.2. The lowest BCUT2D eigenvalue weighted by molar-refractivity contribution is 0.115. The predicted octanol–water partition coefficient (Wildman–Crippen LogP) is 2.40. The van der Waals surface area contributed by atoms with Gasteiger partial charge in [0, 0.05) is 0 Å². The summed E-state index contributed by atoms with van der Waals surface area (Å²) in [6.07, 6.45) is -0.739. The molecule has 4 heteroatoms. The van der Waals surface area contributed by atoms with Crippen LogP contribution in [0.15, 0.2) is 24.3 Å². The second-order valence-electron chi connectivity index (χ2n) is 2.65. The van der Waals surface area contributed by atoms with Gasteiger partial charge >= 0.3 is 6.16 Å². The number of rotatable bonds is 4. The molecule has 0 unspecified atom stereocenters. The Morgan fingerprint density at radius 3 is 2.50 bits per heavy atom. The molecule has 0 heterocycles. The van der Waals surface area contributed by atoms with Gasteiger partial charge in [-0.3, -0.25) is 0 Å². The highest BCUT2D eigenvalue weighted by atomic mass is 16.7. The van der Waals surface area contributed by atoms with E-state index in [1.807, 2.05) is 6.92 Å². The molecule has 0 amide bonds. The van der Waals surface area contributed by atoms with Crippen molar-refractivity contribution in [1.29, 1.82) is 0 Å². The van der Waals surface area contributed by atoms with Gasteiger partial charge < -0.3 is 9.47 Å². The maximum Gasteiger partial charge on any atom is 0.555 e. The normalized spacial score (nSPS) is 9.50. The Hall–Kier alpha value is -1.71. The smallest absolute Gasteiger partial charge is 0.490 e. The Morgan fingerprint density at radius 2 is 1.93 bits per heavy atom. The van der Waals surface area contributed by atoms with Crippen LogP contribution in [0.4, 0.5) is 4.79 Å². The number of benzene rings is 1. The van der Waals surface area contributed by atoms with Crippen LogP contribution < -0.4 is 9.47 Å². The first-order chi connectivity index (χ1) is 6.74. The summed E-state index contributed by atoms with van der Waals surface area (Å²) < 4.78 is 9.69. The topological polar surface area (TPSA) is 55.4 Å². The molecule has 1 aromatic carbocycles. The van der Waals surface area contributed by atoms with Gasteiger partial charge in [-0.1, -0.05) is 19.1 Å². The Morgan fingerprint density at radius 1 is 1.29 bits per heavy atom. The zero-order chi connectivity index (χ0) is 10.4. The number of ether oxygens (including phenoxy) is 2. The molecule has 0 spiro atoms. The molecule has 1 rings (SSSR count). The molecule has 0 N–H and O–H groups in total. The largest absolute Gasteiger partial charge is 0.555 e. The van der Waals surface area contributed by atoms with Gasteiger partial charge in [0.15, 0.2) is 11.5 Å². The Labute approximate surface area is 82.1 Å². The maximum atomic E-state index is 10.2. The van der Waals surface area contributed by atoms with Crippen molar-refractivity contribution >= 4 is 6.16 Å². The third-order valence-electron chi connectivity index (χ3n) is 1.50. The molecule has 1 radical (unpaired) electrons. The van der Waals surface area contributed by atoms with E-state index in [4.69, 9.17) is 4.74 Å². The van der Waals surface area contributed by atoms with Crippen molar-refractivity contribution in [2.75, 3.05) is 6.61 Å². The van der Waals surface area contributed by atoms with Crippen LogP contribution in [0, 0.1) is 0 Å². The van der Waals surface area contributed by atoms with E-state index in [1.54, 1.807) is 18.2 Å². The van der Waals surface area contributed by atoms with E-state index in [1.165, 1.54) is 6.07 Å². The average Bonchev–Trinajstić information content (AvgIpc) is 2.16. The van der Waals surface area contributed by atoms with Gasteiger partial charge in [0.2, 0.25) is 0 Å². The number of carbonyl (C=O) groups is 1. The molecule has 1 aromatic rings. The predicted molar refractivity (Wildman–Crippen MR) is 48.9 cm³/mol. The number of para-hydroxylation sites is 2. The van der Waals surface area contributed by atoms with Gasteiger partial charge in [0.05, 0.1) is 6.61 Å². The van der Waals surface area contributed by atoms with Gasteiger partial charge in [-0.25, -0.2) is 0 Å². The molecular formula is C10H11O4. The summed E-state index contributed by atoms with van der Waals surface area (Å²) in [6.45, 7) is 2.48. The van der Waals surface area contributed by atoms with Crippen molar-refractivity contribution in [3.63, 3.8) is 0 Å². The van der Waals surface area contributed by atoms with Crippen LogP contribution in [0.1, 0.15) is 13.3 Å². The Bertz CT molecular complexity index is 309. The highest BCUT2D eigenvalue weighted by molar-refractivity contribution is 5.62. The molecule has 0 aliphatic rings. The van der Waals surface area contributed by atoms with E-state index >= 15 is 0 Å². The van der Waals surface area contributed by atoms with Crippen LogP contribution in [-0.4, -0.2) is 12.8 Å². The third kappa shape index (κ3) is 2.97. The molecule has 0 bridgehead atoms. The fourth-order valence-electron chi connectivity index (χ4n) is 0.956. The summed E-state index contributed by atoms with van der Waals surface area (Å²) in [5, 5.41) is 10.2. The first-order valence-electron chi connectivity index (χ1n) is 4.34. The Balaban J connectivity index is 2.74. The second-order valence-corrected chi connectivity index (χ2v) is 2.65. The molecule has 14 heavy (non-hydrogen) atoms. The molecule has 75 valence electrons. The molecule has 0 saturated heterocycles. The van der Waals surface area contributed by atoms with Gasteiger partial charge in [0.25, 0.3) is 0 Å². The first kappa shape index (κ1) is 10.4. The maximum absolute atomic E-state index is 10.2. The van der Waals surface area contributed by atoms with E-state index in [-0.39, 0.29) is 5.75 Å². The SMILES string of the molecule is CCCOc1ccccc1OC([O])=O. The van der Waals surface area contributed by atoms with Crippen molar-refractivity contribution in [2.45, 2.75) is 13.3 Å². The van der Waals surface area contributed by atoms with E-state index in [0.717, 1.165) is 6.42 Å². The molecule has 0 atom stereocenters. The quantitative estimate of drug-likeness (QED) is 0.547. The van der Waals surface area contributed by atoms with E-state index in [9.17, 15) is 9.90 Å². The third-order valence-corrected chi connectivity index (χ3v) is 1.50. The summed E-state index contributed by atoms with van der Waals surface area (Å²) in [7, 11) is 0. The average molecular weight is 195 g/mol. The minimum Gasteiger partial charge on any atom is -0.490 e. The van der Waals surface area contributed by atoms with Crippen molar-refractivity contribution in [2.24, 2.45) is 0 Å². The number of carbonyl (C=O) groups excluding carboxylic acids is 1. The van der Waals surface area contributed by atoms with E-state index < -0.39 is 6.16 Å². The Kier molecular flexibility index (Phi) is 3.79. The van der Waals surface area contributed by atoms with Crippen molar-refractivity contribution < 1.29 is 19.4 Å². The van der Waals surface area contributed by atoms with Crippen LogP contribution in [0.25, 0.3) is 0 Å². The molecule has 0 saturated carbocycles. The van der Waals surface area contributed by atoms with Gasteiger partial charge in [-0.05, 0) is 18.6 Å². The molecular weight excluding hydrogens is 184 g/mol. The first-order valence-corrected chi connectivity index (χ1v) is 4.34. The van der Waals surface area contributed by atoms with Crippen LogP contribution in [0.2, 0.25) is 0 Å². The summed E-state index contributed by atoms with van der Waals surface area (Å²) >= 11 is 0. The van der Waals surface area contributed by atoms with Crippen molar-refractivity contribution in [3.05, 3.63) is 24.3 Å². The summed E-state index contributed by atoms with van der Waals surface area (Å²) in [5.41, 5.74) is 0. The van der Waals surface area contributed by atoms with Crippen molar-refractivity contribution in [1.82, 2.24) is 0 Å². The van der Waals surface area contributed by atoms with Crippen LogP contribution in [0.3, 0.4) is 0 Å². The lowest BCUT2D eigenvalue weighted by atomic mass is 10.3. The van der Waals surface area contributed by atoms with Crippen LogP contribution >= 0.6 is 0 Å². The monoisotopic (exact) mass is 195 g/mol. The lowest BCUT2D eigenvalue weighted by Gasteiger charge is -2.07. The lowest BCUT2D eigenvalue weighted by Crippen LogP contribution is -2.04. The van der Waals surface area contributed by atoms with Crippen molar-refractivity contribution in [3.8, 4) is 11.5 Å². The number of hydrogen-bond donors (Lipinski definition) is 0. The summed E-state index contributed by atoms with van der Waals surface area (Å²) in [5.74, 6) is 0.583. The van der Waals surface area contributed by atoms with E-state index in [2.05, 4.69) is 4.74 Å². The van der Waals surface area contributed by atoms with Gasteiger partial charge in [-0.2, -0.15) is 9.90 Å². The van der Waals surface area contributed by atoms with E-state index in [0.29, 0.717) is 12.4 Å². The molecule has 0 aliphatic carbocycles. The highest BCUT2D eigenvalue weighted by Crippen LogP contribution is 2.26. The molecule has 0 fully saturated rings. The number of hydrogen-bond acceptors (Lipinski definition) is 3.